The number of rotatable bonds is 4. The third-order valence-corrected chi connectivity index (χ3v) is 4.19. The van der Waals surface area contributed by atoms with Crippen molar-refractivity contribution in [2.24, 2.45) is 5.92 Å². The molecule has 1 aromatic carbocycles. The molecule has 8 heteroatoms. The number of ether oxygens (including phenoxy) is 1. The second kappa shape index (κ2) is 6.12. The van der Waals surface area contributed by atoms with Crippen LogP contribution in [0.25, 0.3) is 6.08 Å². The molecule has 0 amide bonds. The average Bonchev–Trinajstić information content (AvgIpc) is 2.42. The zero-order valence-corrected chi connectivity index (χ0v) is 12.3. The second-order valence-electron chi connectivity index (χ2n) is 4.85. The van der Waals surface area contributed by atoms with Gasteiger partial charge in [0, 0.05) is 27.5 Å². The molecule has 1 aliphatic rings. The van der Waals surface area contributed by atoms with Crippen LogP contribution in [0.1, 0.15) is 12.0 Å². The molecule has 0 fully saturated rings. The number of fused-ring (bicyclic) bond motifs is 1. The molecule has 4 nitrogen and oxygen atoms in total. The summed E-state index contributed by atoms with van der Waals surface area (Å²) in [6.45, 7) is -0.320. The van der Waals surface area contributed by atoms with Crippen LogP contribution in [0, 0.1) is 5.92 Å². The van der Waals surface area contributed by atoms with Gasteiger partial charge in [-0.1, -0.05) is 0 Å². The number of carboxylic acid groups (broad SMARTS) is 1. The third kappa shape index (κ3) is 3.68. The number of hydrogen-bond acceptors (Lipinski definition) is 3. The summed E-state index contributed by atoms with van der Waals surface area (Å²) in [4.78, 5) is 11.1. The van der Waals surface area contributed by atoms with E-state index in [0.29, 0.717) is 16.2 Å². The van der Waals surface area contributed by atoms with E-state index in [-0.39, 0.29) is 12.2 Å². The summed E-state index contributed by atoms with van der Waals surface area (Å²) in [5, 5.41) is 8.68. The number of benzene rings is 1. The lowest BCUT2D eigenvalue weighted by Crippen LogP contribution is -2.30. The van der Waals surface area contributed by atoms with E-state index in [0.717, 1.165) is 0 Å². The molecule has 0 radical (unpaired) electrons. The molecule has 0 saturated heterocycles. The highest BCUT2D eigenvalue weighted by atomic mass is 32.2. The fourth-order valence-corrected chi connectivity index (χ4v) is 2.74. The van der Waals surface area contributed by atoms with Gasteiger partial charge in [-0.2, -0.15) is 13.2 Å². The van der Waals surface area contributed by atoms with Gasteiger partial charge in [-0.3, -0.25) is 9.00 Å². The lowest BCUT2D eigenvalue weighted by Gasteiger charge is -2.25. The highest BCUT2D eigenvalue weighted by molar-refractivity contribution is 7.84. The van der Waals surface area contributed by atoms with Crippen LogP contribution in [0.2, 0.25) is 0 Å². The van der Waals surface area contributed by atoms with Crippen molar-refractivity contribution in [1.82, 2.24) is 0 Å². The SMILES string of the molecule is CS(=O)c1ccc2c(c1)C=C(C(CC(=O)O)C(F)(F)F)CO2. The number of carboxylic acids is 1. The molecule has 0 spiro atoms. The minimum Gasteiger partial charge on any atom is -0.489 e. The molecular weight excluding hydrogens is 321 g/mol. The van der Waals surface area contributed by atoms with Crippen LogP contribution in [0.5, 0.6) is 5.75 Å². The molecule has 1 heterocycles. The third-order valence-electron chi connectivity index (χ3n) is 3.27. The Morgan fingerprint density at radius 3 is 2.68 bits per heavy atom. The van der Waals surface area contributed by atoms with E-state index in [1.165, 1.54) is 18.4 Å². The smallest absolute Gasteiger partial charge is 0.396 e. The normalized spacial score (nSPS) is 17.0. The van der Waals surface area contributed by atoms with Gasteiger partial charge in [0.15, 0.2) is 0 Å². The molecule has 2 rings (SSSR count). The molecule has 22 heavy (non-hydrogen) atoms. The first kappa shape index (κ1) is 16.5. The standard InChI is InChI=1S/C14H13F3O4S/c1-22(20)10-2-3-12-8(5-10)4-9(7-21-12)11(6-13(18)19)14(15,16)17/h2-5,11H,6-7H2,1H3,(H,18,19). The zero-order chi connectivity index (χ0) is 16.5. The van der Waals surface area contributed by atoms with Gasteiger partial charge in [-0.25, -0.2) is 0 Å². The minimum atomic E-state index is -4.67. The summed E-state index contributed by atoms with van der Waals surface area (Å²) in [7, 11) is -1.28. The Bertz CT molecular complexity index is 652. The van der Waals surface area contributed by atoms with Crippen LogP contribution in [-0.4, -0.2) is 34.3 Å². The first-order valence-corrected chi connectivity index (χ1v) is 7.83. The maximum Gasteiger partial charge on any atom is 0.396 e. The van der Waals surface area contributed by atoms with Gasteiger partial charge in [0.25, 0.3) is 0 Å². The highest BCUT2D eigenvalue weighted by Crippen LogP contribution is 2.39. The number of halogens is 3. The summed E-state index contributed by atoms with van der Waals surface area (Å²) < 4.78 is 55.8. The summed E-state index contributed by atoms with van der Waals surface area (Å²) in [5.41, 5.74) is 0.218. The Morgan fingerprint density at radius 2 is 2.14 bits per heavy atom. The number of aliphatic carboxylic acids is 1. The van der Waals surface area contributed by atoms with Crippen molar-refractivity contribution in [1.29, 1.82) is 0 Å². The van der Waals surface area contributed by atoms with Gasteiger partial charge in [0.1, 0.15) is 12.4 Å². The van der Waals surface area contributed by atoms with E-state index >= 15 is 0 Å². The Kier molecular flexibility index (Phi) is 4.60. The van der Waals surface area contributed by atoms with Gasteiger partial charge in [0.2, 0.25) is 0 Å². The van der Waals surface area contributed by atoms with Crippen molar-refractivity contribution in [2.45, 2.75) is 17.5 Å². The van der Waals surface area contributed by atoms with Crippen molar-refractivity contribution in [3.05, 3.63) is 29.3 Å². The molecule has 2 unspecified atom stereocenters. The van der Waals surface area contributed by atoms with Gasteiger partial charge >= 0.3 is 12.1 Å². The molecule has 1 aromatic rings. The average molecular weight is 334 g/mol. The van der Waals surface area contributed by atoms with E-state index in [4.69, 9.17) is 9.84 Å². The molecule has 120 valence electrons. The Morgan fingerprint density at radius 1 is 1.45 bits per heavy atom. The van der Waals surface area contributed by atoms with Gasteiger partial charge < -0.3 is 9.84 Å². The van der Waals surface area contributed by atoms with E-state index in [9.17, 15) is 22.2 Å². The number of alkyl halides is 3. The lowest BCUT2D eigenvalue weighted by atomic mass is 9.92. The van der Waals surface area contributed by atoms with E-state index in [1.807, 2.05) is 0 Å². The molecule has 0 bridgehead atoms. The summed E-state index contributed by atoms with van der Waals surface area (Å²) in [6.07, 6.45) is -2.99. The molecule has 0 aliphatic carbocycles. The molecule has 1 N–H and O–H groups in total. The van der Waals surface area contributed by atoms with Crippen LogP contribution in [0.4, 0.5) is 13.2 Å². The van der Waals surface area contributed by atoms with Gasteiger partial charge in [-0.05, 0) is 29.8 Å². The van der Waals surface area contributed by atoms with E-state index in [2.05, 4.69) is 0 Å². The second-order valence-corrected chi connectivity index (χ2v) is 6.23. The Balaban J connectivity index is 2.41. The van der Waals surface area contributed by atoms with Crippen LogP contribution in [0.15, 0.2) is 28.7 Å². The van der Waals surface area contributed by atoms with Crippen LogP contribution in [0.3, 0.4) is 0 Å². The van der Waals surface area contributed by atoms with Crippen LogP contribution in [-0.2, 0) is 15.6 Å². The first-order chi connectivity index (χ1) is 10.2. The van der Waals surface area contributed by atoms with Crippen molar-refractivity contribution in [3.63, 3.8) is 0 Å². The van der Waals surface area contributed by atoms with Gasteiger partial charge in [0.05, 0.1) is 12.3 Å². The fourth-order valence-electron chi connectivity index (χ4n) is 2.18. The Labute approximate surface area is 127 Å². The number of carbonyl (C=O) groups is 1. The molecule has 2 atom stereocenters. The van der Waals surface area contributed by atoms with E-state index in [1.54, 1.807) is 12.1 Å². The summed E-state index contributed by atoms with van der Waals surface area (Å²) in [6, 6.07) is 4.60. The van der Waals surface area contributed by atoms with Crippen LogP contribution < -0.4 is 4.74 Å². The summed E-state index contributed by atoms with van der Waals surface area (Å²) >= 11 is 0. The maximum absolute atomic E-state index is 13.0. The maximum atomic E-state index is 13.0. The first-order valence-electron chi connectivity index (χ1n) is 6.27. The largest absolute Gasteiger partial charge is 0.489 e. The highest BCUT2D eigenvalue weighted by Gasteiger charge is 2.44. The number of hydrogen-bond donors (Lipinski definition) is 1. The van der Waals surface area contributed by atoms with Crippen molar-refractivity contribution >= 4 is 22.8 Å². The topological polar surface area (TPSA) is 63.6 Å². The zero-order valence-electron chi connectivity index (χ0n) is 11.5. The molecule has 1 aliphatic heterocycles. The molecule has 0 aromatic heterocycles. The monoisotopic (exact) mass is 334 g/mol. The lowest BCUT2D eigenvalue weighted by molar-refractivity contribution is -0.174. The van der Waals surface area contributed by atoms with Gasteiger partial charge in [-0.15, -0.1) is 0 Å². The fraction of sp³-hybridized carbons (Fsp3) is 0.357. The van der Waals surface area contributed by atoms with Crippen molar-refractivity contribution < 1.29 is 32.0 Å². The van der Waals surface area contributed by atoms with E-state index < -0.39 is 35.3 Å². The Hall–Kier alpha value is -1.83. The predicted octanol–water partition coefficient (Wildman–Crippen LogP) is 2.85. The van der Waals surface area contributed by atoms with Crippen molar-refractivity contribution in [3.8, 4) is 5.75 Å². The van der Waals surface area contributed by atoms with Crippen LogP contribution >= 0.6 is 0 Å². The molecule has 0 saturated carbocycles. The quantitative estimate of drug-likeness (QED) is 0.920. The van der Waals surface area contributed by atoms with Crippen molar-refractivity contribution in [2.75, 3.05) is 12.9 Å². The summed E-state index contributed by atoms with van der Waals surface area (Å²) in [5.74, 6) is -3.25. The predicted molar refractivity (Wildman–Crippen MR) is 74.0 cm³/mol. The molecular formula is C14H13F3O4S. The minimum absolute atomic E-state index is 0.151.